The molecule has 1 unspecified atom stereocenters. The lowest BCUT2D eigenvalue weighted by Gasteiger charge is -2.21. The maximum absolute atomic E-state index is 6.47. The summed E-state index contributed by atoms with van der Waals surface area (Å²) >= 11 is 8.25. The van der Waals surface area contributed by atoms with Crippen LogP contribution in [0.2, 0.25) is 5.02 Å². The molecule has 0 saturated carbocycles. The topological polar surface area (TPSA) is 15.3 Å². The summed E-state index contributed by atoms with van der Waals surface area (Å²) in [7, 11) is 2.10. The molecule has 0 fully saturated rings. The lowest BCUT2D eigenvalue weighted by atomic mass is 10.1. The largest absolute Gasteiger partial charge is 0.369 e. The zero-order valence-electron chi connectivity index (χ0n) is 12.9. The minimum atomic E-state index is 0.286. The van der Waals surface area contributed by atoms with Crippen LogP contribution in [-0.2, 0) is 6.54 Å². The Labute approximate surface area is 136 Å². The van der Waals surface area contributed by atoms with E-state index in [-0.39, 0.29) is 6.04 Å². The molecule has 0 spiro atoms. The van der Waals surface area contributed by atoms with Gasteiger partial charge in [-0.05, 0) is 49.0 Å². The van der Waals surface area contributed by atoms with E-state index in [1.807, 2.05) is 0 Å². The molecule has 1 aromatic heterocycles. The predicted molar refractivity (Wildman–Crippen MR) is 94.6 cm³/mol. The zero-order valence-corrected chi connectivity index (χ0v) is 14.5. The van der Waals surface area contributed by atoms with Crippen molar-refractivity contribution in [3.63, 3.8) is 0 Å². The molecule has 0 aliphatic heterocycles. The molecule has 0 radical (unpaired) electrons. The molecule has 1 heterocycles. The molecule has 1 atom stereocenters. The van der Waals surface area contributed by atoms with Gasteiger partial charge in [0.2, 0.25) is 0 Å². The highest BCUT2D eigenvalue weighted by molar-refractivity contribution is 7.09. The molecule has 2 nitrogen and oxygen atoms in total. The first-order valence-corrected chi connectivity index (χ1v) is 8.64. The average molecular weight is 323 g/mol. The lowest BCUT2D eigenvalue weighted by molar-refractivity contribution is 0.571. The smallest absolute Gasteiger partial charge is 0.0519 e. The standard InChI is InChI=1S/C17H23ClN2S/c1-4-9-19-13(2)16-8-7-14(11-17(16)18)20(3)12-15-6-5-10-21-15/h5-8,10-11,13,19H,4,9,12H2,1-3H3. The molecule has 0 aliphatic rings. The molecule has 2 aromatic rings. The number of hydrogen-bond acceptors (Lipinski definition) is 3. The molecule has 0 aliphatic carbocycles. The molecule has 114 valence electrons. The van der Waals surface area contributed by atoms with E-state index >= 15 is 0 Å². The zero-order chi connectivity index (χ0) is 15.2. The highest BCUT2D eigenvalue weighted by Gasteiger charge is 2.11. The fraction of sp³-hybridized carbons (Fsp3) is 0.412. The summed E-state index contributed by atoms with van der Waals surface area (Å²) < 4.78 is 0. The maximum Gasteiger partial charge on any atom is 0.0519 e. The molecular weight excluding hydrogens is 300 g/mol. The van der Waals surface area contributed by atoms with Gasteiger partial charge in [0.15, 0.2) is 0 Å². The van der Waals surface area contributed by atoms with E-state index in [9.17, 15) is 0 Å². The van der Waals surface area contributed by atoms with Crippen molar-refractivity contribution in [2.45, 2.75) is 32.9 Å². The van der Waals surface area contributed by atoms with Gasteiger partial charge in [0, 0.05) is 28.7 Å². The predicted octanol–water partition coefficient (Wildman–Crippen LogP) is 5.10. The summed E-state index contributed by atoms with van der Waals surface area (Å²) in [5, 5.41) is 6.42. The Kier molecular flexibility index (Phi) is 6.09. The Morgan fingerprint density at radius 3 is 2.76 bits per heavy atom. The van der Waals surface area contributed by atoms with Crippen LogP contribution in [0.15, 0.2) is 35.7 Å². The molecule has 0 saturated heterocycles. The molecule has 4 heteroatoms. The van der Waals surface area contributed by atoms with Gasteiger partial charge in [-0.1, -0.05) is 30.7 Å². The Morgan fingerprint density at radius 2 is 2.14 bits per heavy atom. The summed E-state index contributed by atoms with van der Waals surface area (Å²) in [5.41, 5.74) is 2.32. The van der Waals surface area contributed by atoms with Crippen LogP contribution < -0.4 is 10.2 Å². The summed E-state index contributed by atoms with van der Waals surface area (Å²) in [6.07, 6.45) is 1.13. The van der Waals surface area contributed by atoms with Gasteiger partial charge in [-0.25, -0.2) is 0 Å². The van der Waals surface area contributed by atoms with E-state index in [1.54, 1.807) is 11.3 Å². The fourth-order valence-electron chi connectivity index (χ4n) is 2.30. The van der Waals surface area contributed by atoms with Gasteiger partial charge in [0.25, 0.3) is 0 Å². The van der Waals surface area contributed by atoms with Crippen LogP contribution in [0.4, 0.5) is 5.69 Å². The van der Waals surface area contributed by atoms with Gasteiger partial charge in [0.05, 0.1) is 6.54 Å². The third-order valence-electron chi connectivity index (χ3n) is 3.56. The number of rotatable bonds is 7. The van der Waals surface area contributed by atoms with Crippen molar-refractivity contribution in [1.82, 2.24) is 5.32 Å². The van der Waals surface area contributed by atoms with E-state index in [0.717, 1.165) is 30.2 Å². The summed E-state index contributed by atoms with van der Waals surface area (Å²) in [4.78, 5) is 3.58. The number of nitrogens with zero attached hydrogens (tertiary/aromatic N) is 1. The first-order chi connectivity index (χ1) is 10.1. The van der Waals surface area contributed by atoms with Gasteiger partial charge in [0.1, 0.15) is 0 Å². The van der Waals surface area contributed by atoms with Crippen molar-refractivity contribution in [2.24, 2.45) is 0 Å². The maximum atomic E-state index is 6.47. The van der Waals surface area contributed by atoms with Crippen molar-refractivity contribution >= 4 is 28.6 Å². The number of halogens is 1. The van der Waals surface area contributed by atoms with Gasteiger partial charge < -0.3 is 10.2 Å². The quantitative estimate of drug-likeness (QED) is 0.763. The first kappa shape index (κ1) is 16.3. The van der Waals surface area contributed by atoms with E-state index < -0.39 is 0 Å². The van der Waals surface area contributed by atoms with Gasteiger partial charge in [-0.15, -0.1) is 11.3 Å². The second kappa shape index (κ2) is 7.83. The Morgan fingerprint density at radius 1 is 1.33 bits per heavy atom. The van der Waals surface area contributed by atoms with Crippen LogP contribution in [0, 0.1) is 0 Å². The van der Waals surface area contributed by atoms with Crippen LogP contribution in [0.1, 0.15) is 36.8 Å². The Hall–Kier alpha value is -1.03. The van der Waals surface area contributed by atoms with Crippen molar-refractivity contribution in [1.29, 1.82) is 0 Å². The van der Waals surface area contributed by atoms with Crippen LogP contribution >= 0.6 is 22.9 Å². The minimum Gasteiger partial charge on any atom is -0.369 e. The molecule has 21 heavy (non-hydrogen) atoms. The molecule has 0 amide bonds. The number of thiophene rings is 1. The van der Waals surface area contributed by atoms with Gasteiger partial charge in [-0.2, -0.15) is 0 Å². The highest BCUT2D eigenvalue weighted by atomic mass is 35.5. The summed E-state index contributed by atoms with van der Waals surface area (Å²) in [6.45, 7) is 6.25. The van der Waals surface area contributed by atoms with Crippen LogP contribution in [-0.4, -0.2) is 13.6 Å². The Balaban J connectivity index is 2.07. The third kappa shape index (κ3) is 4.47. The van der Waals surface area contributed by atoms with Crippen molar-refractivity contribution in [3.8, 4) is 0 Å². The minimum absolute atomic E-state index is 0.286. The number of benzene rings is 1. The third-order valence-corrected chi connectivity index (χ3v) is 4.75. The molecular formula is C17H23ClN2S. The van der Waals surface area contributed by atoms with E-state index in [0.29, 0.717) is 0 Å². The molecule has 2 rings (SSSR count). The van der Waals surface area contributed by atoms with Gasteiger partial charge >= 0.3 is 0 Å². The molecule has 1 N–H and O–H groups in total. The summed E-state index contributed by atoms with van der Waals surface area (Å²) in [5.74, 6) is 0. The van der Waals surface area contributed by atoms with Crippen molar-refractivity contribution in [3.05, 3.63) is 51.2 Å². The van der Waals surface area contributed by atoms with Gasteiger partial charge in [-0.3, -0.25) is 0 Å². The number of hydrogen-bond donors (Lipinski definition) is 1. The molecule has 0 bridgehead atoms. The van der Waals surface area contributed by atoms with Crippen molar-refractivity contribution < 1.29 is 0 Å². The Bertz CT molecular complexity index is 554. The normalized spacial score (nSPS) is 12.4. The SMILES string of the molecule is CCCNC(C)c1ccc(N(C)Cc2cccs2)cc1Cl. The average Bonchev–Trinajstić information content (AvgIpc) is 2.97. The monoisotopic (exact) mass is 322 g/mol. The van der Waals surface area contributed by atoms with Crippen LogP contribution in [0.5, 0.6) is 0 Å². The summed E-state index contributed by atoms with van der Waals surface area (Å²) in [6, 6.07) is 10.9. The van der Waals surface area contributed by atoms with Crippen molar-refractivity contribution in [2.75, 3.05) is 18.5 Å². The number of nitrogens with one attached hydrogen (secondary N) is 1. The fourth-order valence-corrected chi connectivity index (χ4v) is 3.40. The highest BCUT2D eigenvalue weighted by Crippen LogP contribution is 2.28. The van der Waals surface area contributed by atoms with Crippen LogP contribution in [0.3, 0.4) is 0 Å². The first-order valence-electron chi connectivity index (χ1n) is 7.38. The lowest BCUT2D eigenvalue weighted by Crippen LogP contribution is -2.20. The van der Waals surface area contributed by atoms with Crippen LogP contribution in [0.25, 0.3) is 0 Å². The van der Waals surface area contributed by atoms with E-state index in [4.69, 9.17) is 11.6 Å². The van der Waals surface area contributed by atoms with E-state index in [2.05, 4.69) is 66.8 Å². The molecule has 1 aromatic carbocycles. The second-order valence-electron chi connectivity index (χ2n) is 5.32. The second-order valence-corrected chi connectivity index (χ2v) is 6.76. The van der Waals surface area contributed by atoms with E-state index in [1.165, 1.54) is 10.4 Å². The number of anilines is 1.